The van der Waals surface area contributed by atoms with Gasteiger partial charge >= 0.3 is 0 Å². The van der Waals surface area contributed by atoms with Crippen LogP contribution in [0.3, 0.4) is 0 Å². The number of nitrogens with zero attached hydrogens (tertiary/aromatic N) is 2. The average Bonchev–Trinajstić information content (AvgIpc) is 2.60. The van der Waals surface area contributed by atoms with Crippen LogP contribution in [-0.2, 0) is 21.4 Å². The quantitative estimate of drug-likeness (QED) is 0.711. The van der Waals surface area contributed by atoms with Gasteiger partial charge in [0.05, 0.1) is 12.3 Å². The third-order valence-electron chi connectivity index (χ3n) is 4.02. The first-order valence-electron chi connectivity index (χ1n) is 7.72. The molecule has 0 bridgehead atoms. The van der Waals surface area contributed by atoms with Crippen molar-refractivity contribution >= 4 is 31.9 Å². The summed E-state index contributed by atoms with van der Waals surface area (Å²) < 4.78 is 27.8. The molecule has 1 amide bonds. The monoisotopic (exact) mass is 412 g/mol. The van der Waals surface area contributed by atoms with Gasteiger partial charge in [0.15, 0.2) is 0 Å². The summed E-state index contributed by atoms with van der Waals surface area (Å²) in [6.45, 7) is 4.14. The second-order valence-electron chi connectivity index (χ2n) is 6.14. The largest absolute Gasteiger partial charge is 0.329 e. The first kappa shape index (κ1) is 19.0. The van der Waals surface area contributed by atoms with E-state index in [-0.39, 0.29) is 37.2 Å². The summed E-state index contributed by atoms with van der Waals surface area (Å²) in [5.74, 6) is 1.96. The van der Waals surface area contributed by atoms with Gasteiger partial charge in [-0.15, -0.1) is 6.42 Å². The lowest BCUT2D eigenvalue weighted by atomic mass is 10.0. The minimum atomic E-state index is -3.56. The molecule has 7 heteroatoms. The molecule has 5 nitrogen and oxygen atoms in total. The molecule has 1 aliphatic heterocycles. The highest BCUT2D eigenvalue weighted by molar-refractivity contribution is 9.10. The minimum Gasteiger partial charge on any atom is -0.329 e. The first-order valence-corrected chi connectivity index (χ1v) is 10.1. The fourth-order valence-electron chi connectivity index (χ4n) is 2.79. The molecule has 1 aromatic carbocycles. The summed E-state index contributed by atoms with van der Waals surface area (Å²) in [7, 11) is -3.56. The van der Waals surface area contributed by atoms with Crippen molar-refractivity contribution in [3.63, 3.8) is 0 Å². The molecule has 24 heavy (non-hydrogen) atoms. The van der Waals surface area contributed by atoms with E-state index in [0.717, 1.165) is 10.0 Å². The van der Waals surface area contributed by atoms with Crippen LogP contribution in [0.5, 0.6) is 0 Å². The van der Waals surface area contributed by atoms with Gasteiger partial charge < -0.3 is 4.90 Å². The molecular formula is C17H21BrN2O3S. The SMILES string of the molecule is C#CCN1CCS(=O)(=O)N(Cc2ccc(Br)cc2)[C@@H](C(C)C)C1=O. The maximum Gasteiger partial charge on any atom is 0.242 e. The molecule has 1 saturated heterocycles. The fourth-order valence-corrected chi connectivity index (χ4v) is 4.76. The molecule has 0 unspecified atom stereocenters. The maximum atomic E-state index is 12.8. The molecule has 130 valence electrons. The van der Waals surface area contributed by atoms with Crippen LogP contribution in [-0.4, -0.2) is 48.4 Å². The van der Waals surface area contributed by atoms with Crippen molar-refractivity contribution in [1.29, 1.82) is 0 Å². The maximum absolute atomic E-state index is 12.8. The van der Waals surface area contributed by atoms with Gasteiger partial charge in [-0.2, -0.15) is 4.31 Å². The molecular weight excluding hydrogens is 392 g/mol. The number of terminal acetylenes is 1. The molecule has 0 aliphatic carbocycles. The van der Waals surface area contributed by atoms with Crippen molar-refractivity contribution in [1.82, 2.24) is 9.21 Å². The highest BCUT2D eigenvalue weighted by atomic mass is 79.9. The molecule has 1 aromatic rings. The number of amides is 1. The van der Waals surface area contributed by atoms with Crippen LogP contribution >= 0.6 is 15.9 Å². The summed E-state index contributed by atoms with van der Waals surface area (Å²) in [4.78, 5) is 14.3. The topological polar surface area (TPSA) is 57.7 Å². The Bertz CT molecular complexity index is 738. The normalized spacial score (nSPS) is 21.5. The van der Waals surface area contributed by atoms with Crippen LogP contribution in [0.15, 0.2) is 28.7 Å². The van der Waals surface area contributed by atoms with Crippen LogP contribution in [0.2, 0.25) is 0 Å². The lowest BCUT2D eigenvalue weighted by molar-refractivity contribution is -0.135. The zero-order valence-electron chi connectivity index (χ0n) is 13.8. The molecule has 1 fully saturated rings. The van der Waals surface area contributed by atoms with Crippen LogP contribution in [0, 0.1) is 18.3 Å². The summed E-state index contributed by atoms with van der Waals surface area (Å²) >= 11 is 3.36. The highest BCUT2D eigenvalue weighted by Gasteiger charge is 2.41. The number of hydrogen-bond acceptors (Lipinski definition) is 3. The van der Waals surface area contributed by atoms with E-state index in [1.807, 2.05) is 38.1 Å². The van der Waals surface area contributed by atoms with Gasteiger partial charge in [-0.1, -0.05) is 47.8 Å². The summed E-state index contributed by atoms with van der Waals surface area (Å²) in [6, 6.07) is 6.68. The Labute approximate surface area is 152 Å². The zero-order valence-corrected chi connectivity index (χ0v) is 16.2. The molecule has 0 saturated carbocycles. The second-order valence-corrected chi connectivity index (χ2v) is 9.10. The number of rotatable bonds is 4. The molecule has 0 aromatic heterocycles. The van der Waals surface area contributed by atoms with Crippen molar-refractivity contribution < 1.29 is 13.2 Å². The van der Waals surface area contributed by atoms with E-state index in [4.69, 9.17) is 6.42 Å². The van der Waals surface area contributed by atoms with Crippen LogP contribution in [0.4, 0.5) is 0 Å². The summed E-state index contributed by atoms with van der Waals surface area (Å²) in [5, 5.41) is 0. The third kappa shape index (κ3) is 4.18. The van der Waals surface area contributed by atoms with Crippen molar-refractivity contribution in [3.05, 3.63) is 34.3 Å². The number of carbonyl (C=O) groups is 1. The first-order chi connectivity index (χ1) is 11.3. The van der Waals surface area contributed by atoms with E-state index < -0.39 is 16.1 Å². The highest BCUT2D eigenvalue weighted by Crippen LogP contribution is 2.24. The van der Waals surface area contributed by atoms with Crippen LogP contribution in [0.25, 0.3) is 0 Å². The van der Waals surface area contributed by atoms with E-state index in [1.165, 1.54) is 9.21 Å². The lowest BCUT2D eigenvalue weighted by Crippen LogP contribution is -2.49. The summed E-state index contributed by atoms with van der Waals surface area (Å²) in [6.07, 6.45) is 5.32. The van der Waals surface area contributed by atoms with Crippen molar-refractivity contribution in [3.8, 4) is 12.3 Å². The van der Waals surface area contributed by atoms with Gasteiger partial charge in [-0.25, -0.2) is 8.42 Å². The van der Waals surface area contributed by atoms with E-state index in [2.05, 4.69) is 21.9 Å². The standard InChI is InChI=1S/C17H21BrN2O3S/c1-4-9-19-10-11-24(22,23)20(16(13(2)3)17(19)21)12-14-5-7-15(18)8-6-14/h1,5-8,13,16H,9-12H2,2-3H3/t16-/m0/s1. The van der Waals surface area contributed by atoms with E-state index in [9.17, 15) is 13.2 Å². The Hall–Kier alpha value is -1.36. The van der Waals surface area contributed by atoms with Gasteiger partial charge in [0, 0.05) is 17.6 Å². The molecule has 0 spiro atoms. The lowest BCUT2D eigenvalue weighted by Gasteiger charge is -2.31. The van der Waals surface area contributed by atoms with Crippen LogP contribution < -0.4 is 0 Å². The molecule has 1 atom stereocenters. The Morgan fingerprint density at radius 2 is 1.96 bits per heavy atom. The van der Waals surface area contributed by atoms with Gasteiger partial charge in [-0.3, -0.25) is 4.79 Å². The van der Waals surface area contributed by atoms with E-state index in [0.29, 0.717) is 0 Å². The van der Waals surface area contributed by atoms with Gasteiger partial charge in [0.1, 0.15) is 6.04 Å². The summed E-state index contributed by atoms with van der Waals surface area (Å²) in [5.41, 5.74) is 0.839. The molecule has 1 aliphatic rings. The van der Waals surface area contributed by atoms with E-state index >= 15 is 0 Å². The van der Waals surface area contributed by atoms with E-state index in [1.54, 1.807) is 0 Å². The number of sulfonamides is 1. The Morgan fingerprint density at radius 3 is 2.50 bits per heavy atom. The smallest absolute Gasteiger partial charge is 0.242 e. The zero-order chi connectivity index (χ0) is 17.9. The average molecular weight is 413 g/mol. The molecule has 0 radical (unpaired) electrons. The van der Waals surface area contributed by atoms with Crippen molar-refractivity contribution in [2.75, 3.05) is 18.8 Å². The minimum absolute atomic E-state index is 0.111. The number of carbonyl (C=O) groups excluding carboxylic acids is 1. The molecule has 2 rings (SSSR count). The number of halogens is 1. The predicted octanol–water partition coefficient (Wildman–Crippen LogP) is 2.08. The second kappa shape index (κ2) is 7.68. The molecule has 0 N–H and O–H groups in total. The predicted molar refractivity (Wildman–Crippen MR) is 97.5 cm³/mol. The Morgan fingerprint density at radius 1 is 1.33 bits per heavy atom. The fraction of sp³-hybridized carbons (Fsp3) is 0.471. The van der Waals surface area contributed by atoms with Crippen molar-refractivity contribution in [2.24, 2.45) is 5.92 Å². The third-order valence-corrected chi connectivity index (χ3v) is 6.31. The van der Waals surface area contributed by atoms with Gasteiger partial charge in [0.25, 0.3) is 0 Å². The van der Waals surface area contributed by atoms with Crippen LogP contribution in [0.1, 0.15) is 19.4 Å². The number of hydrogen-bond donors (Lipinski definition) is 0. The van der Waals surface area contributed by atoms with Crippen molar-refractivity contribution in [2.45, 2.75) is 26.4 Å². The Balaban J connectivity index is 2.41. The Kier molecular flexibility index (Phi) is 6.07. The van der Waals surface area contributed by atoms with Gasteiger partial charge in [0.2, 0.25) is 15.9 Å². The molecule has 1 heterocycles. The number of benzene rings is 1. The van der Waals surface area contributed by atoms with Gasteiger partial charge in [-0.05, 0) is 23.6 Å².